The van der Waals surface area contributed by atoms with Crippen LogP contribution < -0.4 is 0 Å². The van der Waals surface area contributed by atoms with E-state index in [9.17, 15) is 9.59 Å². The van der Waals surface area contributed by atoms with Gasteiger partial charge in [-0.2, -0.15) is 0 Å². The Morgan fingerprint density at radius 1 is 1.07 bits per heavy atom. The molecule has 0 bridgehead atoms. The summed E-state index contributed by atoms with van der Waals surface area (Å²) in [4.78, 5) is 21.8. The van der Waals surface area contributed by atoms with E-state index in [0.29, 0.717) is 0 Å². The second kappa shape index (κ2) is 6.06. The Kier molecular flexibility index (Phi) is 5.81. The first-order valence-electron chi connectivity index (χ1n) is 5.38. The van der Waals surface area contributed by atoms with Crippen LogP contribution in [0.2, 0.25) is 0 Å². The summed E-state index contributed by atoms with van der Waals surface area (Å²) < 4.78 is 0. The molecule has 0 fully saturated rings. The van der Waals surface area contributed by atoms with Crippen LogP contribution in [0, 0.1) is 0 Å². The van der Waals surface area contributed by atoms with Crippen LogP contribution in [0.5, 0.6) is 0 Å². The molecule has 0 heterocycles. The number of aliphatic carboxylic acids is 2. The van der Waals surface area contributed by atoms with Gasteiger partial charge in [-0.15, -0.1) is 0 Å². The molecule has 0 aromatic carbocycles. The average Bonchev–Trinajstić information content (AvgIpc) is 2.19. The molecule has 90 valence electrons. The first-order chi connectivity index (χ1) is 6.93. The van der Waals surface area contributed by atoms with Crippen molar-refractivity contribution in [3.8, 4) is 0 Å². The zero-order valence-corrected chi connectivity index (χ0v) is 10.6. The van der Waals surface area contributed by atoms with Crippen molar-refractivity contribution in [2.45, 2.75) is 32.9 Å². The van der Waals surface area contributed by atoms with Crippen LogP contribution in [0.1, 0.15) is 27.2 Å². The summed E-state index contributed by atoms with van der Waals surface area (Å²) in [6.07, 6.45) is 2.29. The minimum absolute atomic E-state index is 0.225. The van der Waals surface area contributed by atoms with Gasteiger partial charge in [0.05, 0.1) is 0 Å². The Labute approximate surface area is 91.0 Å². The van der Waals surface area contributed by atoms with Gasteiger partial charge in [0.25, 0.3) is 0 Å². The Bertz CT molecular complexity index is 227. The van der Waals surface area contributed by atoms with Crippen molar-refractivity contribution in [1.29, 1.82) is 0 Å². The SMILES string of the molecule is CC[PH](CC)(CC)C(CC(=O)O)C(=O)O. The van der Waals surface area contributed by atoms with Crippen molar-refractivity contribution in [3.63, 3.8) is 0 Å². The molecule has 1 unspecified atom stereocenters. The summed E-state index contributed by atoms with van der Waals surface area (Å²) in [5.41, 5.74) is -0.644. The Morgan fingerprint density at radius 2 is 1.47 bits per heavy atom. The van der Waals surface area contributed by atoms with Crippen LogP contribution in [0.4, 0.5) is 0 Å². The minimum atomic E-state index is -1.95. The van der Waals surface area contributed by atoms with Crippen molar-refractivity contribution in [1.82, 2.24) is 0 Å². The molecule has 15 heavy (non-hydrogen) atoms. The van der Waals surface area contributed by atoms with Crippen molar-refractivity contribution >= 4 is 19.2 Å². The summed E-state index contributed by atoms with van der Waals surface area (Å²) in [6.45, 7) is 5.95. The van der Waals surface area contributed by atoms with E-state index in [1.807, 2.05) is 20.8 Å². The van der Waals surface area contributed by atoms with Gasteiger partial charge in [0, 0.05) is 0 Å². The second-order valence-corrected chi connectivity index (χ2v) is 9.45. The molecule has 0 rings (SSSR count). The monoisotopic (exact) mass is 236 g/mol. The van der Waals surface area contributed by atoms with Gasteiger partial charge in [-0.25, -0.2) is 0 Å². The molecule has 0 radical (unpaired) electrons. The third kappa shape index (κ3) is 3.45. The number of carboxylic acid groups (broad SMARTS) is 2. The summed E-state index contributed by atoms with van der Waals surface area (Å²) in [7, 11) is -1.95. The fourth-order valence-electron chi connectivity index (χ4n) is 2.23. The van der Waals surface area contributed by atoms with Crippen molar-refractivity contribution in [2.24, 2.45) is 0 Å². The normalized spacial score (nSPS) is 14.6. The molecule has 0 spiro atoms. The number of hydrogen-bond acceptors (Lipinski definition) is 2. The molecule has 0 aliphatic rings. The second-order valence-electron chi connectivity index (χ2n) is 3.91. The topological polar surface area (TPSA) is 74.6 Å². The van der Waals surface area contributed by atoms with E-state index in [1.165, 1.54) is 0 Å². The van der Waals surface area contributed by atoms with Crippen LogP contribution in [0.25, 0.3) is 0 Å². The molecule has 5 heteroatoms. The van der Waals surface area contributed by atoms with E-state index in [4.69, 9.17) is 10.2 Å². The third-order valence-corrected chi connectivity index (χ3v) is 9.68. The molecule has 0 aliphatic carbocycles. The molecular weight excluding hydrogens is 215 g/mol. The fraction of sp³-hybridized carbons (Fsp3) is 0.800. The molecule has 2 N–H and O–H groups in total. The van der Waals surface area contributed by atoms with E-state index < -0.39 is 24.9 Å². The van der Waals surface area contributed by atoms with E-state index in [1.54, 1.807) is 0 Å². The van der Waals surface area contributed by atoms with Gasteiger partial charge >= 0.3 is 90.3 Å². The molecule has 0 aliphatic heterocycles. The van der Waals surface area contributed by atoms with Gasteiger partial charge in [0.15, 0.2) is 0 Å². The summed E-state index contributed by atoms with van der Waals surface area (Å²) in [6, 6.07) is 0. The van der Waals surface area contributed by atoms with Crippen molar-refractivity contribution < 1.29 is 19.8 Å². The third-order valence-electron chi connectivity index (χ3n) is 3.53. The van der Waals surface area contributed by atoms with Crippen LogP contribution in [-0.4, -0.2) is 46.3 Å². The van der Waals surface area contributed by atoms with Crippen LogP contribution in [-0.2, 0) is 9.59 Å². The number of carbonyl (C=O) groups is 2. The molecule has 0 aromatic heterocycles. The fourth-order valence-corrected chi connectivity index (χ4v) is 6.34. The van der Waals surface area contributed by atoms with Gasteiger partial charge < -0.3 is 0 Å². The van der Waals surface area contributed by atoms with Gasteiger partial charge in [-0.3, -0.25) is 0 Å². The molecule has 0 aromatic rings. The average molecular weight is 236 g/mol. The molecule has 0 saturated carbocycles. The maximum absolute atomic E-state index is 11.1. The van der Waals surface area contributed by atoms with Gasteiger partial charge in [0.1, 0.15) is 0 Å². The van der Waals surface area contributed by atoms with Crippen molar-refractivity contribution in [2.75, 3.05) is 18.5 Å². The Morgan fingerprint density at radius 3 is 1.67 bits per heavy atom. The first kappa shape index (κ1) is 14.4. The molecule has 4 nitrogen and oxygen atoms in total. The van der Waals surface area contributed by atoms with E-state index in [2.05, 4.69) is 0 Å². The van der Waals surface area contributed by atoms with Crippen LogP contribution in [0.15, 0.2) is 0 Å². The van der Waals surface area contributed by atoms with Gasteiger partial charge in [-0.05, 0) is 0 Å². The van der Waals surface area contributed by atoms with Gasteiger partial charge in [0.2, 0.25) is 0 Å². The number of carboxylic acids is 2. The predicted molar refractivity (Wildman–Crippen MR) is 63.6 cm³/mol. The number of rotatable bonds is 7. The standard InChI is InChI=1S/C10H21O4P/c1-4-15(5-2,6-3)8(10(13)14)7-9(11)12/h8,15H,4-7H2,1-3H3,(H,11,12)(H,13,14). The molecule has 1 atom stereocenters. The summed E-state index contributed by atoms with van der Waals surface area (Å²) in [5.74, 6) is -1.94. The maximum atomic E-state index is 11.1. The zero-order valence-electron chi connectivity index (χ0n) is 9.62. The quantitative estimate of drug-likeness (QED) is 0.660. The number of hydrogen-bond donors (Lipinski definition) is 2. The Balaban J connectivity index is 4.99. The van der Waals surface area contributed by atoms with Crippen LogP contribution in [0.3, 0.4) is 0 Å². The zero-order chi connectivity index (χ0) is 12.1. The van der Waals surface area contributed by atoms with E-state index >= 15 is 0 Å². The summed E-state index contributed by atoms with van der Waals surface area (Å²) in [5, 5.41) is 17.9. The first-order valence-corrected chi connectivity index (χ1v) is 8.08. The van der Waals surface area contributed by atoms with E-state index in [-0.39, 0.29) is 6.42 Å². The van der Waals surface area contributed by atoms with Gasteiger partial charge in [-0.1, -0.05) is 0 Å². The Hall–Kier alpha value is -0.630. The summed E-state index contributed by atoms with van der Waals surface area (Å²) >= 11 is 0. The van der Waals surface area contributed by atoms with Crippen molar-refractivity contribution in [3.05, 3.63) is 0 Å². The van der Waals surface area contributed by atoms with E-state index in [0.717, 1.165) is 18.5 Å². The predicted octanol–water partition coefficient (Wildman–Crippen LogP) is 1.72. The molecule has 0 saturated heterocycles. The molecule has 0 amide bonds. The van der Waals surface area contributed by atoms with Crippen LogP contribution >= 0.6 is 7.26 Å². The molecular formula is C10H21O4P.